The van der Waals surface area contributed by atoms with Gasteiger partial charge in [-0.2, -0.15) is 0 Å². The number of fused-ring (bicyclic) bond motifs is 1. The maximum absolute atomic E-state index is 12.8. The van der Waals surface area contributed by atoms with Crippen molar-refractivity contribution >= 4 is 33.5 Å². The summed E-state index contributed by atoms with van der Waals surface area (Å²) in [4.78, 5) is 46.9. The van der Waals surface area contributed by atoms with Crippen molar-refractivity contribution in [3.05, 3.63) is 62.5 Å². The first-order valence-electron chi connectivity index (χ1n) is 11.6. The number of rotatable bonds is 12. The Morgan fingerprint density at radius 2 is 1.91 bits per heavy atom. The van der Waals surface area contributed by atoms with Crippen LogP contribution in [0.2, 0.25) is 0 Å². The second kappa shape index (κ2) is 12.6. The van der Waals surface area contributed by atoms with Crippen LogP contribution >= 0.6 is 11.3 Å². The van der Waals surface area contributed by atoms with E-state index in [1.165, 1.54) is 0 Å². The second-order valence-corrected chi connectivity index (χ2v) is 9.21. The lowest BCUT2D eigenvalue weighted by Gasteiger charge is -2.24. The monoisotopic (exact) mass is 501 g/mol. The van der Waals surface area contributed by atoms with Crippen LogP contribution in [0.15, 0.2) is 35.1 Å². The van der Waals surface area contributed by atoms with E-state index in [1.807, 2.05) is 42.2 Å². The largest absolute Gasteiger partial charge is 0.463 e. The highest BCUT2D eigenvalue weighted by Crippen LogP contribution is 2.27. The summed E-state index contributed by atoms with van der Waals surface area (Å²) in [6.07, 6.45) is 0.0744. The number of thiophene rings is 1. The number of ether oxygens (including phenoxy) is 2. The van der Waals surface area contributed by atoms with Crippen molar-refractivity contribution in [2.75, 3.05) is 19.8 Å². The summed E-state index contributed by atoms with van der Waals surface area (Å²) >= 11 is 1.13. The number of carbonyl (C=O) groups is 2. The summed E-state index contributed by atoms with van der Waals surface area (Å²) < 4.78 is 10.2. The van der Waals surface area contributed by atoms with Crippen molar-refractivity contribution in [1.82, 2.24) is 14.9 Å². The molecule has 2 aromatic heterocycles. The molecule has 0 bridgehead atoms. The number of aliphatic hydroxyl groups excluding tert-OH is 1. The molecule has 1 atom stereocenters. The fourth-order valence-corrected chi connectivity index (χ4v) is 4.80. The SMILES string of the molecule is CCCC(=O)OC[C@@H](O)CN(Cc1ccccc1)Cc1nc2sc(C(=O)OCC)c(C)c2c(=O)[nH]1. The zero-order valence-corrected chi connectivity index (χ0v) is 21.0. The molecule has 0 fully saturated rings. The minimum atomic E-state index is -0.908. The number of aromatic nitrogens is 2. The van der Waals surface area contributed by atoms with Gasteiger partial charge in [0.1, 0.15) is 28.2 Å². The van der Waals surface area contributed by atoms with Crippen LogP contribution in [0.5, 0.6) is 0 Å². The third kappa shape index (κ3) is 7.20. The molecule has 2 N–H and O–H groups in total. The molecule has 1 aromatic carbocycles. The average molecular weight is 502 g/mol. The van der Waals surface area contributed by atoms with Gasteiger partial charge in [-0.05, 0) is 31.4 Å². The number of esters is 2. The fraction of sp³-hybridized carbons (Fsp3) is 0.440. The number of hydrogen-bond donors (Lipinski definition) is 2. The van der Waals surface area contributed by atoms with Crippen molar-refractivity contribution in [2.45, 2.75) is 52.8 Å². The number of aliphatic hydroxyl groups is 1. The first-order valence-corrected chi connectivity index (χ1v) is 12.4. The van der Waals surface area contributed by atoms with Gasteiger partial charge in [0.2, 0.25) is 0 Å². The van der Waals surface area contributed by atoms with Crippen LogP contribution in [0.1, 0.15) is 53.3 Å². The Morgan fingerprint density at radius 1 is 1.17 bits per heavy atom. The van der Waals surface area contributed by atoms with E-state index in [0.717, 1.165) is 16.9 Å². The summed E-state index contributed by atoms with van der Waals surface area (Å²) in [7, 11) is 0. The molecule has 9 nitrogen and oxygen atoms in total. The molecule has 0 saturated heterocycles. The first kappa shape index (κ1) is 26.5. The molecule has 35 heavy (non-hydrogen) atoms. The minimum Gasteiger partial charge on any atom is -0.463 e. The lowest BCUT2D eigenvalue weighted by molar-refractivity contribution is -0.147. The van der Waals surface area contributed by atoms with Gasteiger partial charge in [0, 0.05) is 19.5 Å². The molecule has 0 amide bonds. The molecule has 3 aromatic rings. The Balaban J connectivity index is 1.82. The minimum absolute atomic E-state index is 0.111. The first-order chi connectivity index (χ1) is 16.8. The summed E-state index contributed by atoms with van der Waals surface area (Å²) in [5, 5.41) is 10.9. The lowest BCUT2D eigenvalue weighted by Crippen LogP contribution is -2.35. The zero-order valence-electron chi connectivity index (χ0n) is 20.2. The molecule has 2 heterocycles. The number of hydrogen-bond acceptors (Lipinski definition) is 9. The quantitative estimate of drug-likeness (QED) is 0.363. The van der Waals surface area contributed by atoms with Crippen LogP contribution in [0.25, 0.3) is 10.2 Å². The number of carbonyl (C=O) groups excluding carboxylic acids is 2. The maximum atomic E-state index is 12.8. The van der Waals surface area contributed by atoms with E-state index in [9.17, 15) is 19.5 Å². The van der Waals surface area contributed by atoms with Gasteiger partial charge in [-0.1, -0.05) is 37.3 Å². The molecule has 0 radical (unpaired) electrons. The van der Waals surface area contributed by atoms with Gasteiger partial charge in [0.15, 0.2) is 0 Å². The highest BCUT2D eigenvalue weighted by atomic mass is 32.1. The molecule has 0 saturated carbocycles. The van der Waals surface area contributed by atoms with Gasteiger partial charge in [0.25, 0.3) is 5.56 Å². The Kier molecular flexibility index (Phi) is 9.53. The normalized spacial score (nSPS) is 12.1. The fourth-order valence-electron chi connectivity index (χ4n) is 3.71. The number of H-pyrrole nitrogens is 1. The molecular formula is C25H31N3O6S. The number of aryl methyl sites for hydroxylation is 1. The molecule has 0 aliphatic heterocycles. The Morgan fingerprint density at radius 3 is 2.60 bits per heavy atom. The lowest BCUT2D eigenvalue weighted by atomic mass is 10.2. The molecular weight excluding hydrogens is 470 g/mol. The third-order valence-electron chi connectivity index (χ3n) is 5.29. The number of nitrogens with zero attached hydrogens (tertiary/aromatic N) is 2. The molecule has 0 aliphatic rings. The van der Waals surface area contributed by atoms with Crippen molar-refractivity contribution in [3.8, 4) is 0 Å². The topological polar surface area (TPSA) is 122 Å². The third-order valence-corrected chi connectivity index (χ3v) is 6.46. The highest BCUT2D eigenvalue weighted by Gasteiger charge is 2.21. The van der Waals surface area contributed by atoms with E-state index in [-0.39, 0.29) is 37.8 Å². The van der Waals surface area contributed by atoms with Gasteiger partial charge in [-0.3, -0.25) is 14.5 Å². The maximum Gasteiger partial charge on any atom is 0.348 e. The molecule has 0 unspecified atom stereocenters. The van der Waals surface area contributed by atoms with E-state index in [4.69, 9.17) is 9.47 Å². The second-order valence-electron chi connectivity index (χ2n) is 8.21. The summed E-state index contributed by atoms with van der Waals surface area (Å²) in [6.45, 7) is 6.38. The van der Waals surface area contributed by atoms with E-state index >= 15 is 0 Å². The molecule has 0 aliphatic carbocycles. The standard InChI is InChI=1S/C25H31N3O6S/c1-4-9-20(30)34-15-18(29)13-28(12-17-10-7-6-8-11-17)14-19-26-23(31)21-16(3)22(25(32)33-5-2)35-24(21)27-19/h6-8,10-11,18,29H,4-5,9,12-15H2,1-3H3,(H,26,27,31)/t18-/m0/s1. The van der Waals surface area contributed by atoms with Crippen molar-refractivity contribution in [3.63, 3.8) is 0 Å². The predicted molar refractivity (Wildman–Crippen MR) is 133 cm³/mol. The summed E-state index contributed by atoms with van der Waals surface area (Å²) in [6, 6.07) is 9.70. The Labute approximate surface area is 207 Å². The van der Waals surface area contributed by atoms with E-state index in [1.54, 1.807) is 13.8 Å². The van der Waals surface area contributed by atoms with Gasteiger partial charge in [-0.25, -0.2) is 9.78 Å². The smallest absolute Gasteiger partial charge is 0.348 e. The number of benzene rings is 1. The van der Waals surface area contributed by atoms with Crippen LogP contribution in [0.4, 0.5) is 0 Å². The molecule has 10 heteroatoms. The van der Waals surface area contributed by atoms with Crippen molar-refractivity contribution in [1.29, 1.82) is 0 Å². The van der Waals surface area contributed by atoms with Gasteiger partial charge in [0.05, 0.1) is 18.5 Å². The van der Waals surface area contributed by atoms with Crippen LogP contribution < -0.4 is 5.56 Å². The summed E-state index contributed by atoms with van der Waals surface area (Å²) in [5.41, 5.74) is 1.24. The van der Waals surface area contributed by atoms with E-state index in [0.29, 0.717) is 45.9 Å². The Hall–Kier alpha value is -3.08. The predicted octanol–water partition coefficient (Wildman–Crippen LogP) is 3.18. The molecule has 188 valence electrons. The van der Waals surface area contributed by atoms with E-state index < -0.39 is 12.1 Å². The molecule has 3 rings (SSSR count). The van der Waals surface area contributed by atoms with Crippen molar-refractivity contribution in [2.24, 2.45) is 0 Å². The highest BCUT2D eigenvalue weighted by molar-refractivity contribution is 7.20. The van der Waals surface area contributed by atoms with Crippen molar-refractivity contribution < 1.29 is 24.2 Å². The Bertz CT molecular complexity index is 1210. The van der Waals surface area contributed by atoms with Crippen LogP contribution in [-0.4, -0.2) is 57.8 Å². The van der Waals surface area contributed by atoms with Gasteiger partial charge < -0.3 is 19.6 Å². The van der Waals surface area contributed by atoms with Gasteiger partial charge in [-0.15, -0.1) is 11.3 Å². The van der Waals surface area contributed by atoms with Gasteiger partial charge >= 0.3 is 11.9 Å². The number of aromatic amines is 1. The van der Waals surface area contributed by atoms with Crippen LogP contribution in [-0.2, 0) is 27.4 Å². The number of nitrogens with one attached hydrogen (secondary N) is 1. The molecule has 0 spiro atoms. The van der Waals surface area contributed by atoms with E-state index in [2.05, 4.69) is 9.97 Å². The average Bonchev–Trinajstić information content (AvgIpc) is 3.15. The van der Waals surface area contributed by atoms with Crippen LogP contribution in [0, 0.1) is 6.92 Å². The van der Waals surface area contributed by atoms with Crippen LogP contribution in [0.3, 0.4) is 0 Å². The zero-order chi connectivity index (χ0) is 25.4. The summed E-state index contributed by atoms with van der Waals surface area (Å²) in [5.74, 6) is -0.409.